The minimum Gasteiger partial charge on any atom is -0.484 e. The first-order valence-electron chi connectivity index (χ1n) is 7.21. The molecule has 3 aromatic rings. The van der Waals surface area contributed by atoms with Crippen LogP contribution < -0.4 is 10.1 Å². The molecule has 0 spiro atoms. The first-order chi connectivity index (χ1) is 10.4. The van der Waals surface area contributed by atoms with E-state index in [1.54, 1.807) is 11.3 Å². The van der Waals surface area contributed by atoms with E-state index >= 15 is 0 Å². The number of ether oxygens (including phenoxy) is 1. The second-order valence-electron chi connectivity index (χ2n) is 5.00. The van der Waals surface area contributed by atoms with Crippen molar-refractivity contribution in [2.45, 2.75) is 12.5 Å². The van der Waals surface area contributed by atoms with Crippen LogP contribution in [0.2, 0.25) is 0 Å². The van der Waals surface area contributed by atoms with Crippen LogP contribution in [0.25, 0.3) is 10.1 Å². The Kier molecular flexibility index (Phi) is 4.53. The first-order valence-corrected chi connectivity index (χ1v) is 8.09. The molecule has 2 nitrogen and oxygen atoms in total. The molecular weight excluding hydrogens is 278 g/mol. The number of nitrogens with one attached hydrogen (secondary N) is 1. The van der Waals surface area contributed by atoms with Crippen LogP contribution in [0.4, 0.5) is 0 Å². The quantitative estimate of drug-likeness (QED) is 0.716. The van der Waals surface area contributed by atoms with Gasteiger partial charge in [0.2, 0.25) is 0 Å². The molecule has 1 atom stereocenters. The van der Waals surface area contributed by atoms with Crippen LogP contribution in [-0.4, -0.2) is 13.6 Å². The molecule has 0 aliphatic rings. The molecule has 1 heterocycles. The standard InChI is InChI=1S/C18H19NOS/c1-19-12-10-16(14-6-3-2-4-7-14)20-17-9-5-8-15-11-13-21-18(15)17/h2-9,11,13,16,19H,10,12H2,1H3/t16-/m1/s1. The average Bonchev–Trinajstić information content (AvgIpc) is 3.01. The van der Waals surface area contributed by atoms with E-state index in [-0.39, 0.29) is 6.10 Å². The lowest BCUT2D eigenvalue weighted by Gasteiger charge is -2.20. The monoisotopic (exact) mass is 297 g/mol. The maximum absolute atomic E-state index is 6.34. The number of hydrogen-bond donors (Lipinski definition) is 1. The molecule has 21 heavy (non-hydrogen) atoms. The van der Waals surface area contributed by atoms with E-state index in [1.165, 1.54) is 15.6 Å². The fourth-order valence-corrected chi connectivity index (χ4v) is 3.30. The zero-order valence-corrected chi connectivity index (χ0v) is 12.9. The summed E-state index contributed by atoms with van der Waals surface area (Å²) in [4.78, 5) is 0. The number of rotatable bonds is 6. The van der Waals surface area contributed by atoms with Gasteiger partial charge in [-0.05, 0) is 42.1 Å². The topological polar surface area (TPSA) is 21.3 Å². The van der Waals surface area contributed by atoms with Gasteiger partial charge in [-0.15, -0.1) is 11.3 Å². The van der Waals surface area contributed by atoms with Crippen LogP contribution in [0.3, 0.4) is 0 Å². The van der Waals surface area contributed by atoms with Gasteiger partial charge in [0.15, 0.2) is 0 Å². The van der Waals surface area contributed by atoms with Crippen LogP contribution >= 0.6 is 11.3 Å². The van der Waals surface area contributed by atoms with Crippen molar-refractivity contribution >= 4 is 21.4 Å². The van der Waals surface area contributed by atoms with Crippen molar-refractivity contribution in [1.29, 1.82) is 0 Å². The predicted octanol–water partition coefficient (Wildman–Crippen LogP) is 4.63. The van der Waals surface area contributed by atoms with Crippen molar-refractivity contribution in [3.8, 4) is 5.75 Å². The molecule has 1 N–H and O–H groups in total. The maximum atomic E-state index is 6.34. The van der Waals surface area contributed by atoms with Crippen LogP contribution in [0.5, 0.6) is 5.75 Å². The molecule has 0 bridgehead atoms. The fraction of sp³-hybridized carbons (Fsp3) is 0.222. The summed E-state index contributed by atoms with van der Waals surface area (Å²) < 4.78 is 7.57. The minimum atomic E-state index is 0.0753. The summed E-state index contributed by atoms with van der Waals surface area (Å²) in [5.74, 6) is 0.979. The molecule has 0 saturated carbocycles. The minimum absolute atomic E-state index is 0.0753. The molecule has 2 aromatic carbocycles. The molecule has 0 amide bonds. The van der Waals surface area contributed by atoms with Crippen molar-refractivity contribution in [1.82, 2.24) is 5.32 Å². The Labute approximate surface area is 129 Å². The fourth-order valence-electron chi connectivity index (χ4n) is 2.45. The van der Waals surface area contributed by atoms with Gasteiger partial charge in [-0.1, -0.05) is 42.5 Å². The summed E-state index contributed by atoms with van der Waals surface area (Å²) >= 11 is 1.73. The Morgan fingerprint density at radius 2 is 1.90 bits per heavy atom. The number of hydrogen-bond acceptors (Lipinski definition) is 3. The lowest BCUT2D eigenvalue weighted by atomic mass is 10.1. The average molecular weight is 297 g/mol. The van der Waals surface area contributed by atoms with Crippen LogP contribution in [0.15, 0.2) is 60.0 Å². The molecule has 0 saturated heterocycles. The zero-order chi connectivity index (χ0) is 14.5. The summed E-state index contributed by atoms with van der Waals surface area (Å²) in [7, 11) is 1.97. The van der Waals surface area contributed by atoms with Crippen molar-refractivity contribution in [3.05, 3.63) is 65.5 Å². The van der Waals surface area contributed by atoms with Gasteiger partial charge in [0.1, 0.15) is 11.9 Å². The third-order valence-electron chi connectivity index (χ3n) is 3.54. The third kappa shape index (κ3) is 3.26. The van der Waals surface area contributed by atoms with Gasteiger partial charge in [0.05, 0.1) is 4.70 Å². The summed E-state index contributed by atoms with van der Waals surface area (Å²) in [5, 5.41) is 6.57. The van der Waals surface area contributed by atoms with Gasteiger partial charge >= 0.3 is 0 Å². The second-order valence-corrected chi connectivity index (χ2v) is 5.92. The van der Waals surface area contributed by atoms with Gasteiger partial charge in [-0.2, -0.15) is 0 Å². The molecule has 0 aliphatic heterocycles. The molecule has 3 rings (SSSR count). The SMILES string of the molecule is CNCC[C@@H](Oc1cccc2ccsc12)c1ccccc1. The van der Waals surface area contributed by atoms with E-state index in [4.69, 9.17) is 4.74 Å². The molecular formula is C18H19NOS. The summed E-state index contributed by atoms with van der Waals surface area (Å²) in [6.45, 7) is 0.931. The second kappa shape index (κ2) is 6.74. The lowest BCUT2D eigenvalue weighted by molar-refractivity contribution is 0.198. The molecule has 0 fully saturated rings. The van der Waals surface area contributed by atoms with Crippen LogP contribution in [0.1, 0.15) is 18.1 Å². The highest BCUT2D eigenvalue weighted by molar-refractivity contribution is 7.17. The smallest absolute Gasteiger partial charge is 0.138 e. The van der Waals surface area contributed by atoms with Gasteiger partial charge in [0.25, 0.3) is 0 Å². The lowest BCUT2D eigenvalue weighted by Crippen LogP contribution is -2.16. The van der Waals surface area contributed by atoms with E-state index in [2.05, 4.69) is 59.2 Å². The number of benzene rings is 2. The molecule has 108 valence electrons. The summed E-state index contributed by atoms with van der Waals surface area (Å²) in [6.07, 6.45) is 1.02. The maximum Gasteiger partial charge on any atom is 0.138 e. The Morgan fingerprint density at radius 3 is 2.71 bits per heavy atom. The van der Waals surface area contributed by atoms with Crippen LogP contribution in [0, 0.1) is 0 Å². The molecule has 1 aromatic heterocycles. The Hall–Kier alpha value is -1.84. The Bertz CT molecular complexity index is 693. The van der Waals surface area contributed by atoms with E-state index in [0.29, 0.717) is 0 Å². The van der Waals surface area contributed by atoms with Gasteiger partial charge < -0.3 is 10.1 Å². The Balaban J connectivity index is 1.89. The van der Waals surface area contributed by atoms with Gasteiger partial charge in [0, 0.05) is 6.42 Å². The van der Waals surface area contributed by atoms with E-state index in [1.807, 2.05) is 13.1 Å². The van der Waals surface area contributed by atoms with Crippen LogP contribution in [-0.2, 0) is 0 Å². The number of thiophene rings is 1. The molecule has 0 unspecified atom stereocenters. The van der Waals surface area contributed by atoms with E-state index < -0.39 is 0 Å². The van der Waals surface area contributed by atoms with Crippen molar-refractivity contribution in [3.63, 3.8) is 0 Å². The highest BCUT2D eigenvalue weighted by Gasteiger charge is 2.14. The van der Waals surface area contributed by atoms with Crippen molar-refractivity contribution in [2.75, 3.05) is 13.6 Å². The predicted molar refractivity (Wildman–Crippen MR) is 90.2 cm³/mol. The Morgan fingerprint density at radius 1 is 1.05 bits per heavy atom. The zero-order valence-electron chi connectivity index (χ0n) is 12.1. The number of fused-ring (bicyclic) bond motifs is 1. The largest absolute Gasteiger partial charge is 0.484 e. The van der Waals surface area contributed by atoms with Crippen molar-refractivity contribution < 1.29 is 4.74 Å². The molecule has 0 aliphatic carbocycles. The highest BCUT2D eigenvalue weighted by atomic mass is 32.1. The van der Waals surface area contributed by atoms with Gasteiger partial charge in [-0.3, -0.25) is 0 Å². The van der Waals surface area contributed by atoms with Crippen molar-refractivity contribution in [2.24, 2.45) is 0 Å². The summed E-state index contributed by atoms with van der Waals surface area (Å²) in [5.41, 5.74) is 1.22. The normalized spacial score (nSPS) is 12.4. The first kappa shape index (κ1) is 14.1. The summed E-state index contributed by atoms with van der Waals surface area (Å²) in [6, 6.07) is 18.8. The van der Waals surface area contributed by atoms with E-state index in [9.17, 15) is 0 Å². The van der Waals surface area contributed by atoms with E-state index in [0.717, 1.165) is 18.7 Å². The highest BCUT2D eigenvalue weighted by Crippen LogP contribution is 2.34. The van der Waals surface area contributed by atoms with Gasteiger partial charge in [-0.25, -0.2) is 0 Å². The molecule has 0 radical (unpaired) electrons. The molecule has 3 heteroatoms. The third-order valence-corrected chi connectivity index (χ3v) is 4.48.